The van der Waals surface area contributed by atoms with Crippen molar-refractivity contribution in [2.75, 3.05) is 9.80 Å². The van der Waals surface area contributed by atoms with Gasteiger partial charge >= 0.3 is 0 Å². The average Bonchev–Trinajstić information content (AvgIpc) is 3.25. The van der Waals surface area contributed by atoms with Gasteiger partial charge in [-0.25, -0.2) is 0 Å². The minimum absolute atomic E-state index is 0.0355. The number of hydrogen-bond acceptors (Lipinski definition) is 2. The Hall–Kier alpha value is -5.57. The average molecular weight is 876 g/mol. The van der Waals surface area contributed by atoms with Crippen molar-refractivity contribution in [2.45, 2.75) is 130 Å². The molecule has 0 saturated heterocycles. The largest absolute Gasteiger partial charge is 0.310 e. The Bertz CT molecular complexity index is 2960. The molecule has 0 aliphatic heterocycles. The smallest absolute Gasteiger partial charge is 0.0540 e. The van der Waals surface area contributed by atoms with E-state index in [2.05, 4.69) is 239 Å². The van der Waals surface area contributed by atoms with Crippen LogP contribution in [-0.4, -0.2) is 0 Å². The van der Waals surface area contributed by atoms with Gasteiger partial charge in [0.15, 0.2) is 0 Å². The lowest BCUT2D eigenvalue weighted by Crippen LogP contribution is -2.36. The van der Waals surface area contributed by atoms with E-state index in [0.29, 0.717) is 5.02 Å². The van der Waals surface area contributed by atoms with Crippen molar-refractivity contribution in [3.63, 3.8) is 0 Å². The van der Waals surface area contributed by atoms with E-state index in [1.807, 2.05) is 6.07 Å². The molecule has 0 radical (unpaired) electrons. The highest BCUT2D eigenvalue weighted by molar-refractivity contribution is 6.30. The molecule has 332 valence electrons. The molecule has 2 aliphatic carbocycles. The summed E-state index contributed by atoms with van der Waals surface area (Å²) in [5.74, 6) is 0. The van der Waals surface area contributed by atoms with E-state index >= 15 is 0 Å². The minimum atomic E-state index is -0.213. The molecule has 0 fully saturated rings. The van der Waals surface area contributed by atoms with Gasteiger partial charge in [0.1, 0.15) is 0 Å². The zero-order chi connectivity index (χ0) is 46.4. The first kappa shape index (κ1) is 44.6. The third-order valence-corrected chi connectivity index (χ3v) is 15.3. The van der Waals surface area contributed by atoms with Crippen LogP contribution in [0.3, 0.4) is 0 Å². The van der Waals surface area contributed by atoms with Gasteiger partial charge in [0, 0.05) is 49.9 Å². The van der Waals surface area contributed by atoms with Crippen LogP contribution in [0.15, 0.2) is 146 Å². The summed E-state index contributed by atoms with van der Waals surface area (Å²) < 4.78 is 0. The van der Waals surface area contributed by atoms with Gasteiger partial charge < -0.3 is 9.80 Å². The standard InChI is InChI=1S/C62H67ClN2/c1-40-32-47(37-48(33-40)65(45-23-19-22-44(63)36-45)57-39-54-53(34-41(57)2)59(6,7)30-31-60(54,8)9)64(56-29-26-43(58(3,4)5)35-49(56)42-20-15-14-16-21-42)46-27-28-52-55(38-46)62(12,13)51-25-18-17-24-50(51)61(52,10)11/h14-29,32-39H,30-31H2,1-13H3. The fourth-order valence-corrected chi connectivity index (χ4v) is 11.3. The van der Waals surface area contributed by atoms with Crippen LogP contribution in [0.5, 0.6) is 0 Å². The van der Waals surface area contributed by atoms with Crippen LogP contribution in [0.2, 0.25) is 5.02 Å². The third-order valence-electron chi connectivity index (χ3n) is 15.1. The van der Waals surface area contributed by atoms with E-state index in [-0.39, 0.29) is 27.1 Å². The molecule has 0 heterocycles. The number of benzene rings is 7. The molecule has 0 aromatic heterocycles. The van der Waals surface area contributed by atoms with Gasteiger partial charge in [0.2, 0.25) is 0 Å². The molecule has 2 aliphatic rings. The molecule has 65 heavy (non-hydrogen) atoms. The molecule has 7 aromatic carbocycles. The van der Waals surface area contributed by atoms with Crippen molar-refractivity contribution >= 4 is 45.7 Å². The lowest BCUT2D eigenvalue weighted by atomic mass is 9.60. The summed E-state index contributed by atoms with van der Waals surface area (Å²) in [6.07, 6.45) is 2.32. The number of hydrogen-bond donors (Lipinski definition) is 0. The Morgan fingerprint density at radius 3 is 1.62 bits per heavy atom. The van der Waals surface area contributed by atoms with E-state index in [4.69, 9.17) is 11.6 Å². The van der Waals surface area contributed by atoms with Gasteiger partial charge in [-0.1, -0.05) is 167 Å². The summed E-state index contributed by atoms with van der Waals surface area (Å²) in [6.45, 7) is 30.7. The normalized spacial score (nSPS) is 16.5. The van der Waals surface area contributed by atoms with Crippen molar-refractivity contribution in [2.24, 2.45) is 0 Å². The molecule has 7 aromatic rings. The highest BCUT2D eigenvalue weighted by atomic mass is 35.5. The van der Waals surface area contributed by atoms with Gasteiger partial charge in [0.05, 0.1) is 5.69 Å². The second kappa shape index (κ2) is 15.8. The number of aryl methyl sites for hydroxylation is 2. The van der Waals surface area contributed by atoms with Crippen molar-refractivity contribution in [3.05, 3.63) is 201 Å². The topological polar surface area (TPSA) is 6.48 Å². The Labute approximate surface area is 395 Å². The fraction of sp³-hybridized carbons (Fsp3) is 0.323. The molecule has 0 atom stereocenters. The first-order valence-corrected chi connectivity index (χ1v) is 24.0. The van der Waals surface area contributed by atoms with E-state index < -0.39 is 0 Å². The molecule has 0 spiro atoms. The number of fused-ring (bicyclic) bond motifs is 3. The Morgan fingerprint density at radius 1 is 0.446 bits per heavy atom. The summed E-state index contributed by atoms with van der Waals surface area (Å²) in [5.41, 5.74) is 21.0. The van der Waals surface area contributed by atoms with Crippen LogP contribution in [0.25, 0.3) is 11.1 Å². The predicted octanol–water partition coefficient (Wildman–Crippen LogP) is 18.2. The van der Waals surface area contributed by atoms with Crippen LogP contribution >= 0.6 is 11.6 Å². The third kappa shape index (κ3) is 7.80. The SMILES string of the molecule is Cc1cc(N(c2cccc(Cl)c2)c2cc3c(cc2C)C(C)(C)CCC3(C)C)cc(N(c2ccc3c(c2)C(C)(C)c2ccccc2C3(C)C)c2ccc(C(C)(C)C)cc2-c2ccccc2)c1. The predicted molar refractivity (Wildman–Crippen MR) is 280 cm³/mol. The lowest BCUT2D eigenvalue weighted by Gasteiger charge is -2.44. The fourth-order valence-electron chi connectivity index (χ4n) is 11.1. The molecule has 0 amide bonds. The van der Waals surface area contributed by atoms with E-state index in [9.17, 15) is 0 Å². The van der Waals surface area contributed by atoms with E-state index in [1.54, 1.807) is 0 Å². The molecular weight excluding hydrogens is 808 g/mol. The molecule has 3 heteroatoms. The molecule has 0 bridgehead atoms. The summed E-state index contributed by atoms with van der Waals surface area (Å²) in [4.78, 5) is 4.97. The van der Waals surface area contributed by atoms with Gasteiger partial charge in [0.25, 0.3) is 0 Å². The van der Waals surface area contributed by atoms with Crippen LogP contribution in [-0.2, 0) is 27.1 Å². The number of rotatable bonds is 7. The maximum atomic E-state index is 6.89. The minimum Gasteiger partial charge on any atom is -0.310 e. The summed E-state index contributed by atoms with van der Waals surface area (Å²) >= 11 is 6.89. The van der Waals surface area contributed by atoms with Gasteiger partial charge in [-0.05, 0) is 165 Å². The highest BCUT2D eigenvalue weighted by Crippen LogP contribution is 2.54. The highest BCUT2D eigenvalue weighted by Gasteiger charge is 2.42. The van der Waals surface area contributed by atoms with Crippen molar-refractivity contribution in [3.8, 4) is 11.1 Å². The molecular formula is C62H67ClN2. The first-order valence-electron chi connectivity index (χ1n) is 23.7. The number of nitrogens with zero attached hydrogens (tertiary/aromatic N) is 2. The van der Waals surface area contributed by atoms with Gasteiger partial charge in [-0.2, -0.15) is 0 Å². The summed E-state index contributed by atoms with van der Waals surface area (Å²) in [5, 5.41) is 0.715. The van der Waals surface area contributed by atoms with Crippen LogP contribution in [0.4, 0.5) is 34.1 Å². The van der Waals surface area contributed by atoms with E-state index in [1.165, 1.54) is 73.3 Å². The Morgan fingerprint density at radius 2 is 1.00 bits per heavy atom. The van der Waals surface area contributed by atoms with Gasteiger partial charge in [-0.3, -0.25) is 0 Å². The number of halogens is 1. The zero-order valence-electron chi connectivity index (χ0n) is 41.0. The second-order valence-corrected chi connectivity index (χ2v) is 22.9. The lowest BCUT2D eigenvalue weighted by molar-refractivity contribution is 0.332. The quantitative estimate of drug-likeness (QED) is 0.157. The Kier molecular flexibility index (Phi) is 10.8. The maximum Gasteiger partial charge on any atom is 0.0540 e. The van der Waals surface area contributed by atoms with Crippen LogP contribution in [0.1, 0.15) is 139 Å². The van der Waals surface area contributed by atoms with Gasteiger partial charge in [-0.15, -0.1) is 0 Å². The number of anilines is 6. The first-order chi connectivity index (χ1) is 30.6. The summed E-state index contributed by atoms with van der Waals surface area (Å²) in [6, 6.07) is 54.8. The Balaban J connectivity index is 1.33. The van der Waals surface area contributed by atoms with Crippen molar-refractivity contribution in [1.29, 1.82) is 0 Å². The second-order valence-electron chi connectivity index (χ2n) is 22.5. The molecule has 9 rings (SSSR count). The maximum absolute atomic E-state index is 6.89. The van der Waals surface area contributed by atoms with Crippen LogP contribution < -0.4 is 9.80 Å². The molecule has 0 saturated carbocycles. The monoisotopic (exact) mass is 874 g/mol. The van der Waals surface area contributed by atoms with Crippen molar-refractivity contribution in [1.82, 2.24) is 0 Å². The molecule has 0 unspecified atom stereocenters. The van der Waals surface area contributed by atoms with Crippen molar-refractivity contribution < 1.29 is 0 Å². The van der Waals surface area contributed by atoms with Crippen LogP contribution in [0, 0.1) is 13.8 Å². The molecule has 0 N–H and O–H groups in total. The molecule has 2 nitrogen and oxygen atoms in total. The summed E-state index contributed by atoms with van der Waals surface area (Å²) in [7, 11) is 0. The van der Waals surface area contributed by atoms with E-state index in [0.717, 1.165) is 34.9 Å². The zero-order valence-corrected chi connectivity index (χ0v) is 41.8.